The molecule has 0 radical (unpaired) electrons. The summed E-state index contributed by atoms with van der Waals surface area (Å²) in [4.78, 5) is 72.3. The van der Waals surface area contributed by atoms with Crippen LogP contribution in [0.1, 0.15) is 94.4 Å². The van der Waals surface area contributed by atoms with Crippen molar-refractivity contribution < 1.29 is 38.7 Å². The number of carbonyl (C=O) groups is 5. The standard InChI is InChI=1S/C37H68N6O8/c1-15-24(8)32(42(12)37(48)30(22(4)5)39-36(47)31(23(6)7)41(10)11)28(50-13)20-29(44)43-18-16-17-27(43)33(51-14)25(9)34(45)38-26(19-21(2)3)35(46)40-49/h21-22,24-28,30,32-33,49H,15-20H2,1-14H3,(H,38,45)(H,39,47)(H,40,46)/t24-,25+,26-,27?,28+,30-,32-,33+/m0/s1. The number of ether oxygens (including phenoxy) is 2. The van der Waals surface area contributed by atoms with Crippen LogP contribution in [0.5, 0.6) is 0 Å². The summed E-state index contributed by atoms with van der Waals surface area (Å²) in [6.45, 7) is 17.5. The number of hydrogen-bond donors (Lipinski definition) is 4. The molecule has 1 rings (SSSR count). The number of likely N-dealkylation sites (tertiary alicyclic amines) is 1. The number of carbonyl (C=O) groups excluding carboxylic acids is 5. The van der Waals surface area contributed by atoms with Gasteiger partial charge in [-0.1, -0.05) is 54.9 Å². The molecular formula is C37H68N6O8. The number of rotatable bonds is 20. The molecule has 1 aliphatic rings. The Balaban J connectivity index is 3.30. The molecule has 1 aliphatic heterocycles. The molecule has 1 saturated heterocycles. The molecule has 0 saturated carbocycles. The lowest BCUT2D eigenvalue weighted by molar-refractivity contribution is -0.147. The van der Waals surface area contributed by atoms with Gasteiger partial charge in [0, 0.05) is 41.9 Å². The number of likely N-dealkylation sites (N-methyl/N-ethyl adjacent to an activating group) is 2. The smallest absolute Gasteiger partial charge is 0.268 e. The molecule has 14 nitrogen and oxygen atoms in total. The van der Waals surface area contributed by atoms with Gasteiger partial charge in [0.1, 0.15) is 17.8 Å². The summed E-state index contributed by atoms with van der Waals surface area (Å²) in [5, 5.41) is 14.9. The Morgan fingerprint density at radius 1 is 0.922 bits per heavy atom. The van der Waals surface area contributed by atoms with E-state index in [4.69, 9.17) is 9.47 Å². The van der Waals surface area contributed by atoms with Crippen LogP contribution in [-0.4, -0.2) is 128 Å². The molecule has 51 heavy (non-hydrogen) atoms. The molecule has 0 aliphatic carbocycles. The zero-order valence-corrected chi connectivity index (χ0v) is 33.7. The van der Waals surface area contributed by atoms with Gasteiger partial charge < -0.3 is 34.8 Å². The first kappa shape index (κ1) is 45.8. The van der Waals surface area contributed by atoms with Crippen LogP contribution in [0, 0.1) is 23.7 Å². The van der Waals surface area contributed by atoms with Crippen LogP contribution in [0.3, 0.4) is 0 Å². The third-order valence-electron chi connectivity index (χ3n) is 10.1. The quantitative estimate of drug-likeness (QED) is 0.0838. The molecule has 294 valence electrons. The van der Waals surface area contributed by atoms with Crippen molar-refractivity contribution in [2.45, 2.75) is 131 Å². The van der Waals surface area contributed by atoms with Crippen LogP contribution >= 0.6 is 0 Å². The van der Waals surface area contributed by atoms with Gasteiger partial charge in [-0.3, -0.25) is 29.2 Å². The highest BCUT2D eigenvalue weighted by molar-refractivity contribution is 5.97. The first-order valence-electron chi connectivity index (χ1n) is 18.3. The second-order valence-electron chi connectivity index (χ2n) is 15.2. The van der Waals surface area contributed by atoms with Gasteiger partial charge in [0.05, 0.1) is 36.6 Å². The van der Waals surface area contributed by atoms with Gasteiger partial charge in [0.25, 0.3) is 11.8 Å². The summed E-state index contributed by atoms with van der Waals surface area (Å²) < 4.78 is 11.8. The average Bonchev–Trinajstić information content (AvgIpc) is 3.54. The van der Waals surface area contributed by atoms with Crippen molar-refractivity contribution in [3.63, 3.8) is 0 Å². The van der Waals surface area contributed by atoms with Crippen molar-refractivity contribution in [2.24, 2.45) is 23.7 Å². The van der Waals surface area contributed by atoms with Crippen molar-refractivity contribution >= 4 is 29.5 Å². The number of allylic oxidation sites excluding steroid dienone is 1. The maximum Gasteiger partial charge on any atom is 0.268 e. The molecular weight excluding hydrogens is 656 g/mol. The molecule has 14 heteroatoms. The van der Waals surface area contributed by atoms with E-state index in [2.05, 4.69) is 10.6 Å². The molecule has 0 bridgehead atoms. The second kappa shape index (κ2) is 21.3. The summed E-state index contributed by atoms with van der Waals surface area (Å²) in [6, 6.07) is -2.61. The Labute approximate surface area is 306 Å². The molecule has 4 N–H and O–H groups in total. The van der Waals surface area contributed by atoms with Crippen molar-refractivity contribution in [1.29, 1.82) is 0 Å². The maximum absolute atomic E-state index is 14.2. The topological polar surface area (TPSA) is 170 Å². The van der Waals surface area contributed by atoms with Crippen LogP contribution in [0.25, 0.3) is 0 Å². The van der Waals surface area contributed by atoms with E-state index in [-0.39, 0.29) is 41.9 Å². The normalized spacial score (nSPS) is 18.6. The molecule has 1 heterocycles. The van der Waals surface area contributed by atoms with E-state index in [1.807, 2.05) is 55.4 Å². The van der Waals surface area contributed by atoms with Crippen molar-refractivity contribution in [2.75, 3.05) is 41.9 Å². The summed E-state index contributed by atoms with van der Waals surface area (Å²) in [5.74, 6) is -2.79. The van der Waals surface area contributed by atoms with Crippen molar-refractivity contribution in [1.82, 2.24) is 30.8 Å². The summed E-state index contributed by atoms with van der Waals surface area (Å²) in [7, 11) is 8.32. The molecule has 0 aromatic rings. The molecule has 0 aromatic heterocycles. The molecule has 1 fully saturated rings. The van der Waals surface area contributed by atoms with Gasteiger partial charge in [0.15, 0.2) is 0 Å². The maximum atomic E-state index is 14.2. The molecule has 0 spiro atoms. The Kier molecular flexibility index (Phi) is 19.2. The first-order valence-corrected chi connectivity index (χ1v) is 18.3. The van der Waals surface area contributed by atoms with Crippen LogP contribution < -0.4 is 16.1 Å². The third kappa shape index (κ3) is 12.5. The summed E-state index contributed by atoms with van der Waals surface area (Å²) in [6.07, 6.45) is 1.06. The fraction of sp³-hybridized carbons (Fsp3) is 0.811. The zero-order valence-electron chi connectivity index (χ0n) is 33.7. The van der Waals surface area contributed by atoms with Crippen molar-refractivity contribution in [3.8, 4) is 0 Å². The Hall–Kier alpha value is -3.23. The summed E-state index contributed by atoms with van der Waals surface area (Å²) >= 11 is 0. The van der Waals surface area contributed by atoms with Gasteiger partial charge in [-0.25, -0.2) is 5.48 Å². The van der Waals surface area contributed by atoms with E-state index < -0.39 is 54.1 Å². The molecule has 8 atom stereocenters. The lowest BCUT2D eigenvalue weighted by atomic mass is 9.89. The third-order valence-corrected chi connectivity index (χ3v) is 10.1. The van der Waals surface area contributed by atoms with Gasteiger partial charge in [-0.15, -0.1) is 0 Å². The number of hydrogen-bond acceptors (Lipinski definition) is 9. The molecule has 0 aromatic carbocycles. The monoisotopic (exact) mass is 725 g/mol. The lowest BCUT2D eigenvalue weighted by Crippen LogP contribution is -2.58. The van der Waals surface area contributed by atoms with Gasteiger partial charge >= 0.3 is 0 Å². The minimum atomic E-state index is -0.922. The number of amides is 5. The van der Waals surface area contributed by atoms with E-state index in [1.165, 1.54) is 14.2 Å². The minimum absolute atomic E-state index is 0.00891. The number of hydroxylamine groups is 1. The first-order chi connectivity index (χ1) is 23.8. The van der Waals surface area contributed by atoms with E-state index in [0.29, 0.717) is 37.9 Å². The van der Waals surface area contributed by atoms with Crippen LogP contribution in [0.15, 0.2) is 11.3 Å². The van der Waals surface area contributed by atoms with Crippen LogP contribution in [-0.2, 0) is 33.4 Å². The Morgan fingerprint density at radius 3 is 1.98 bits per heavy atom. The highest BCUT2D eigenvalue weighted by Gasteiger charge is 2.43. The minimum Gasteiger partial charge on any atom is -0.379 e. The Morgan fingerprint density at radius 2 is 1.53 bits per heavy atom. The highest BCUT2D eigenvalue weighted by Crippen LogP contribution is 2.30. The van der Waals surface area contributed by atoms with Crippen LogP contribution in [0.4, 0.5) is 0 Å². The van der Waals surface area contributed by atoms with E-state index in [1.54, 1.807) is 48.2 Å². The second-order valence-corrected chi connectivity index (χ2v) is 15.2. The number of nitrogens with one attached hydrogen (secondary N) is 3. The predicted molar refractivity (Wildman–Crippen MR) is 196 cm³/mol. The lowest BCUT2D eigenvalue weighted by Gasteiger charge is -2.41. The molecule has 1 unspecified atom stereocenters. The number of methoxy groups -OCH3 is 2. The van der Waals surface area contributed by atoms with Gasteiger partial charge in [-0.2, -0.15) is 0 Å². The fourth-order valence-electron chi connectivity index (χ4n) is 7.21. The highest BCUT2D eigenvalue weighted by atomic mass is 16.5. The summed E-state index contributed by atoms with van der Waals surface area (Å²) in [5.41, 5.74) is 2.94. The van der Waals surface area contributed by atoms with E-state index >= 15 is 0 Å². The fourth-order valence-corrected chi connectivity index (χ4v) is 7.21. The van der Waals surface area contributed by atoms with Gasteiger partial charge in [-0.05, 0) is 56.4 Å². The van der Waals surface area contributed by atoms with E-state index in [0.717, 1.165) is 5.57 Å². The van der Waals surface area contributed by atoms with E-state index in [9.17, 15) is 29.2 Å². The zero-order chi connectivity index (χ0) is 39.3. The van der Waals surface area contributed by atoms with Gasteiger partial charge in [0.2, 0.25) is 17.7 Å². The molecule has 5 amide bonds. The van der Waals surface area contributed by atoms with Crippen molar-refractivity contribution in [3.05, 3.63) is 11.3 Å². The number of nitrogens with zero attached hydrogens (tertiary/aromatic N) is 3. The SMILES string of the molecule is CC[C@H](C)[C@@H]([C@@H](CC(=O)N1CCCC1[C@H](OC)[C@@H](C)C(=O)N[C@@H](CC(C)C)C(=O)NO)OC)N(C)C(=O)[C@@H](NC(=O)C(=C(C)C)N(C)C)C(C)C. The Bertz CT molecular complexity index is 1200. The average molecular weight is 725 g/mol. The predicted octanol–water partition coefficient (Wildman–Crippen LogP) is 2.94. The largest absolute Gasteiger partial charge is 0.379 e. The van der Waals surface area contributed by atoms with Crippen LogP contribution in [0.2, 0.25) is 0 Å².